The van der Waals surface area contributed by atoms with Gasteiger partial charge < -0.3 is 5.11 Å². The molecule has 0 aromatic heterocycles. The van der Waals surface area contributed by atoms with Crippen molar-refractivity contribution in [3.8, 4) is 0 Å². The number of rotatable bonds is 1. The molecule has 0 bridgehead atoms. The lowest BCUT2D eigenvalue weighted by Gasteiger charge is -2.60. The van der Waals surface area contributed by atoms with E-state index >= 15 is 0 Å². The van der Waals surface area contributed by atoms with Crippen LogP contribution in [-0.4, -0.2) is 28.6 Å². The van der Waals surface area contributed by atoms with Crippen LogP contribution in [0.3, 0.4) is 0 Å². The number of aliphatic hydroxyl groups is 1. The molecule has 0 radical (unpaired) electrons. The van der Waals surface area contributed by atoms with Gasteiger partial charge in [0.05, 0.1) is 0 Å². The van der Waals surface area contributed by atoms with Crippen molar-refractivity contribution >= 4 is 5.78 Å². The van der Waals surface area contributed by atoms with Crippen molar-refractivity contribution in [1.29, 1.82) is 0 Å². The molecule has 4 aliphatic rings. The molecule has 4 aliphatic carbocycles. The molecule has 1 N–H and O–H groups in total. The van der Waals surface area contributed by atoms with Gasteiger partial charge in [0.2, 0.25) is 0 Å². The number of ketones is 1. The van der Waals surface area contributed by atoms with Crippen LogP contribution in [0, 0.1) is 34.5 Å². The first-order valence-electron chi connectivity index (χ1n) is 10.6. The SMILES string of the molecule is CC1=C[C@@]2(C)C(CC[C@@H]3[C@H]2CC[C@@]2(C)[C@H]3CCC2(O)C(F)(F)C(F)(F)F)CC1=O. The lowest BCUT2D eigenvalue weighted by Crippen LogP contribution is -2.65. The molecule has 0 spiro atoms. The number of hydrogen-bond acceptors (Lipinski definition) is 2. The van der Waals surface area contributed by atoms with Crippen molar-refractivity contribution in [2.75, 3.05) is 0 Å². The Morgan fingerprint density at radius 3 is 2.24 bits per heavy atom. The largest absolute Gasteiger partial charge is 0.456 e. The molecule has 0 aromatic carbocycles. The molecule has 4 rings (SSSR count). The van der Waals surface area contributed by atoms with E-state index in [-0.39, 0.29) is 47.7 Å². The van der Waals surface area contributed by atoms with Crippen LogP contribution in [-0.2, 0) is 4.79 Å². The van der Waals surface area contributed by atoms with Gasteiger partial charge >= 0.3 is 12.1 Å². The second kappa shape index (κ2) is 6.04. The molecule has 2 nitrogen and oxygen atoms in total. The average molecular weight is 420 g/mol. The number of hydrogen-bond donors (Lipinski definition) is 1. The molecule has 0 amide bonds. The predicted molar refractivity (Wildman–Crippen MR) is 97.2 cm³/mol. The van der Waals surface area contributed by atoms with E-state index in [0.29, 0.717) is 12.8 Å². The van der Waals surface area contributed by atoms with Gasteiger partial charge in [-0.15, -0.1) is 0 Å². The Hall–Kier alpha value is -0.980. The summed E-state index contributed by atoms with van der Waals surface area (Å²) in [5.41, 5.74) is -4.06. The van der Waals surface area contributed by atoms with Crippen molar-refractivity contribution in [1.82, 2.24) is 0 Å². The summed E-state index contributed by atoms with van der Waals surface area (Å²) < 4.78 is 68.6. The molecule has 164 valence electrons. The Balaban J connectivity index is 1.71. The number of halogens is 5. The van der Waals surface area contributed by atoms with Crippen LogP contribution < -0.4 is 0 Å². The van der Waals surface area contributed by atoms with Crippen LogP contribution >= 0.6 is 0 Å². The maximum absolute atomic E-state index is 14.5. The normalized spacial score (nSPS) is 47.9. The Morgan fingerprint density at radius 2 is 1.62 bits per heavy atom. The van der Waals surface area contributed by atoms with Gasteiger partial charge in [0.1, 0.15) is 5.60 Å². The van der Waals surface area contributed by atoms with Crippen LogP contribution in [0.25, 0.3) is 0 Å². The third-order valence-corrected chi connectivity index (χ3v) is 9.39. The fourth-order valence-corrected chi connectivity index (χ4v) is 7.71. The van der Waals surface area contributed by atoms with E-state index in [0.717, 1.165) is 18.4 Å². The maximum atomic E-state index is 14.5. The summed E-state index contributed by atoms with van der Waals surface area (Å²) in [6, 6.07) is 0. The first-order valence-corrected chi connectivity index (χ1v) is 10.6. The minimum absolute atomic E-state index is 0.00897. The second-order valence-electron chi connectivity index (χ2n) is 10.4. The van der Waals surface area contributed by atoms with E-state index in [2.05, 4.69) is 6.92 Å². The van der Waals surface area contributed by atoms with Gasteiger partial charge in [-0.05, 0) is 80.1 Å². The minimum Gasteiger partial charge on any atom is -0.383 e. The molecule has 7 atom stereocenters. The van der Waals surface area contributed by atoms with Crippen molar-refractivity contribution in [3.63, 3.8) is 0 Å². The molecule has 7 heteroatoms. The zero-order valence-electron chi connectivity index (χ0n) is 17.1. The highest BCUT2D eigenvalue weighted by atomic mass is 19.4. The van der Waals surface area contributed by atoms with E-state index in [1.54, 1.807) is 6.92 Å². The number of Topliss-reactive ketones (excluding diaryl/α,β-unsaturated/α-hetero) is 1. The summed E-state index contributed by atoms with van der Waals surface area (Å²) >= 11 is 0. The average Bonchev–Trinajstić information content (AvgIpc) is 2.88. The number of carbonyl (C=O) groups excluding carboxylic acids is 1. The third-order valence-electron chi connectivity index (χ3n) is 9.39. The first-order chi connectivity index (χ1) is 13.2. The maximum Gasteiger partial charge on any atom is 0.456 e. The van der Waals surface area contributed by atoms with E-state index in [9.17, 15) is 31.9 Å². The molecule has 3 fully saturated rings. The molecule has 3 saturated carbocycles. The zero-order chi connectivity index (χ0) is 21.6. The molecule has 0 saturated heterocycles. The number of fused-ring (bicyclic) bond motifs is 5. The molecular weight excluding hydrogens is 391 g/mol. The lowest BCUT2D eigenvalue weighted by molar-refractivity contribution is -0.363. The van der Waals surface area contributed by atoms with E-state index in [1.807, 2.05) is 6.08 Å². The molecule has 0 aromatic rings. The van der Waals surface area contributed by atoms with Crippen LogP contribution in [0.4, 0.5) is 22.0 Å². The van der Waals surface area contributed by atoms with Gasteiger partial charge in [0.25, 0.3) is 0 Å². The Kier molecular flexibility index (Phi) is 4.43. The standard InChI is InChI=1S/C22H29F5O2/c1-12-11-18(2)13(10-17(12)28)4-5-14-15(18)6-8-19(3)16(14)7-9-20(19,29)21(23,24)22(25,26)27/h11,13-16,29H,4-10H2,1-3H3/t13?,14-,15-,16+,18+,19+,20?/m1/s1. The molecular formula is C22H29F5O2. The molecule has 0 heterocycles. The smallest absolute Gasteiger partial charge is 0.383 e. The number of allylic oxidation sites excluding steroid dienone is 2. The summed E-state index contributed by atoms with van der Waals surface area (Å²) in [5, 5.41) is 10.8. The van der Waals surface area contributed by atoms with Gasteiger partial charge in [-0.2, -0.15) is 22.0 Å². The lowest BCUT2D eigenvalue weighted by atomic mass is 9.45. The summed E-state index contributed by atoms with van der Waals surface area (Å²) in [6.45, 7) is 5.37. The number of carbonyl (C=O) groups is 1. The Bertz CT molecular complexity index is 759. The summed E-state index contributed by atoms with van der Waals surface area (Å²) in [7, 11) is 0. The van der Waals surface area contributed by atoms with Crippen LogP contribution in [0.1, 0.15) is 65.7 Å². The summed E-state index contributed by atoms with van der Waals surface area (Å²) in [4.78, 5) is 12.2. The topological polar surface area (TPSA) is 37.3 Å². The zero-order valence-corrected chi connectivity index (χ0v) is 17.1. The monoisotopic (exact) mass is 420 g/mol. The molecule has 2 unspecified atom stereocenters. The van der Waals surface area contributed by atoms with Gasteiger partial charge in [0, 0.05) is 11.8 Å². The Morgan fingerprint density at radius 1 is 1.00 bits per heavy atom. The van der Waals surface area contributed by atoms with Crippen LogP contribution in [0.2, 0.25) is 0 Å². The summed E-state index contributed by atoms with van der Waals surface area (Å²) in [5.74, 6) is -5.03. The van der Waals surface area contributed by atoms with Gasteiger partial charge in [-0.3, -0.25) is 4.79 Å². The van der Waals surface area contributed by atoms with Gasteiger partial charge in [-0.25, -0.2) is 0 Å². The highest BCUT2D eigenvalue weighted by Crippen LogP contribution is 2.70. The minimum atomic E-state index is -5.77. The van der Waals surface area contributed by atoms with Crippen LogP contribution in [0.15, 0.2) is 11.6 Å². The highest BCUT2D eigenvalue weighted by molar-refractivity contribution is 5.96. The molecule has 0 aliphatic heterocycles. The van der Waals surface area contributed by atoms with Gasteiger partial charge in [-0.1, -0.05) is 19.9 Å². The van der Waals surface area contributed by atoms with Crippen LogP contribution in [0.5, 0.6) is 0 Å². The van der Waals surface area contributed by atoms with Crippen molar-refractivity contribution in [3.05, 3.63) is 11.6 Å². The highest BCUT2D eigenvalue weighted by Gasteiger charge is 2.79. The molecule has 29 heavy (non-hydrogen) atoms. The second-order valence-corrected chi connectivity index (χ2v) is 10.4. The predicted octanol–water partition coefficient (Wildman–Crippen LogP) is 5.69. The quantitative estimate of drug-likeness (QED) is 0.553. The van der Waals surface area contributed by atoms with E-state index in [4.69, 9.17) is 0 Å². The third kappa shape index (κ3) is 2.51. The van der Waals surface area contributed by atoms with Crippen molar-refractivity contribution in [2.24, 2.45) is 34.5 Å². The number of alkyl halides is 5. The van der Waals surface area contributed by atoms with Crippen molar-refractivity contribution < 1.29 is 31.9 Å². The van der Waals surface area contributed by atoms with E-state index in [1.165, 1.54) is 6.92 Å². The fraction of sp³-hybridized carbons (Fsp3) is 0.864. The van der Waals surface area contributed by atoms with Crippen molar-refractivity contribution in [2.45, 2.75) is 83.4 Å². The van der Waals surface area contributed by atoms with Gasteiger partial charge in [0.15, 0.2) is 5.78 Å². The first kappa shape index (κ1) is 21.3. The summed E-state index contributed by atoms with van der Waals surface area (Å²) in [6.07, 6.45) is -1.46. The van der Waals surface area contributed by atoms with E-state index < -0.39 is 29.5 Å². The fourth-order valence-electron chi connectivity index (χ4n) is 7.71. The Labute approximate surface area is 167 Å².